The molecule has 0 atom stereocenters. The molecule has 0 rings (SSSR count). The summed E-state index contributed by atoms with van der Waals surface area (Å²) in [5.41, 5.74) is 0. The van der Waals surface area contributed by atoms with E-state index in [4.69, 9.17) is 0 Å². The van der Waals surface area contributed by atoms with Crippen LogP contribution < -0.4 is 0 Å². The minimum absolute atomic E-state index is 0.310. The summed E-state index contributed by atoms with van der Waals surface area (Å²) in [5, 5.41) is 0. The molecule has 13 heavy (non-hydrogen) atoms. The first-order chi connectivity index (χ1) is 6.26. The zero-order valence-electron chi connectivity index (χ0n) is 9.01. The average Bonchev–Trinajstić information content (AvgIpc) is 2.14. The smallest absolute Gasteiger partial charge is 0.223 e. The van der Waals surface area contributed by atoms with E-state index in [1.54, 1.807) is 0 Å². The van der Waals surface area contributed by atoms with Crippen LogP contribution in [0.25, 0.3) is 0 Å². The van der Waals surface area contributed by atoms with Crippen molar-refractivity contribution in [3.8, 4) is 0 Å². The van der Waals surface area contributed by atoms with Gasteiger partial charge in [0.2, 0.25) is 5.91 Å². The summed E-state index contributed by atoms with van der Waals surface area (Å²) in [6.07, 6.45) is 1.76. The lowest BCUT2D eigenvalue weighted by molar-refractivity contribution is -0.130. The highest BCUT2D eigenvalue weighted by Crippen LogP contribution is 2.04. The predicted molar refractivity (Wildman–Crippen MR) is 60.2 cm³/mol. The fourth-order valence-electron chi connectivity index (χ4n) is 1.19. The molecule has 1 amide bonds. The Morgan fingerprint density at radius 1 is 1.31 bits per heavy atom. The fraction of sp³-hybridized carbons (Fsp3) is 0.900. The Morgan fingerprint density at radius 2 is 2.00 bits per heavy atom. The average molecular weight is 203 g/mol. The van der Waals surface area contributed by atoms with Crippen molar-refractivity contribution in [3.63, 3.8) is 0 Å². The molecule has 0 aromatic carbocycles. The van der Waals surface area contributed by atoms with Crippen molar-refractivity contribution in [1.29, 1.82) is 0 Å². The van der Waals surface area contributed by atoms with Gasteiger partial charge in [-0.25, -0.2) is 0 Å². The van der Waals surface area contributed by atoms with E-state index in [9.17, 15) is 4.79 Å². The minimum atomic E-state index is 0.310. The Labute approximate surface area is 86.1 Å². The first-order valence-corrected chi connectivity index (χ1v) is 6.27. The highest BCUT2D eigenvalue weighted by atomic mass is 32.2. The van der Waals surface area contributed by atoms with Gasteiger partial charge in [-0.2, -0.15) is 11.8 Å². The van der Waals surface area contributed by atoms with Gasteiger partial charge in [-0.15, -0.1) is 0 Å². The van der Waals surface area contributed by atoms with E-state index in [1.165, 1.54) is 0 Å². The zero-order chi connectivity index (χ0) is 10.1. The van der Waals surface area contributed by atoms with Crippen LogP contribution in [0, 0.1) is 0 Å². The number of hydrogen-bond donors (Lipinski definition) is 0. The second kappa shape index (κ2) is 8.42. The Bertz CT molecular complexity index is 139. The Hall–Kier alpha value is -0.180. The summed E-state index contributed by atoms with van der Waals surface area (Å²) >= 11 is 1.83. The summed E-state index contributed by atoms with van der Waals surface area (Å²) < 4.78 is 0. The molecule has 2 nitrogen and oxygen atoms in total. The topological polar surface area (TPSA) is 20.3 Å². The molecule has 0 spiro atoms. The maximum atomic E-state index is 11.6. The summed E-state index contributed by atoms with van der Waals surface area (Å²) in [6.45, 7) is 8.03. The first kappa shape index (κ1) is 12.8. The number of thioether (sulfide) groups is 1. The van der Waals surface area contributed by atoms with Crippen molar-refractivity contribution < 1.29 is 4.79 Å². The molecule has 0 fully saturated rings. The normalized spacial score (nSPS) is 10.1. The van der Waals surface area contributed by atoms with Crippen LogP contribution in [0.15, 0.2) is 0 Å². The zero-order valence-corrected chi connectivity index (χ0v) is 9.82. The van der Waals surface area contributed by atoms with Gasteiger partial charge in [-0.3, -0.25) is 4.79 Å². The maximum Gasteiger partial charge on any atom is 0.223 e. The third kappa shape index (κ3) is 5.97. The Kier molecular flexibility index (Phi) is 8.30. The SMILES string of the molecule is CCCN(CC)C(=O)CCSCC. The van der Waals surface area contributed by atoms with Crippen LogP contribution in [0.1, 0.15) is 33.6 Å². The summed E-state index contributed by atoms with van der Waals surface area (Å²) in [7, 11) is 0. The molecular formula is C10H21NOS. The third-order valence-corrected chi connectivity index (χ3v) is 2.79. The molecule has 0 heterocycles. The predicted octanol–water partition coefficient (Wildman–Crippen LogP) is 2.39. The van der Waals surface area contributed by atoms with Crippen LogP contribution in [0.3, 0.4) is 0 Å². The van der Waals surface area contributed by atoms with Gasteiger partial charge < -0.3 is 4.90 Å². The van der Waals surface area contributed by atoms with E-state index in [-0.39, 0.29) is 0 Å². The maximum absolute atomic E-state index is 11.6. The molecule has 0 aliphatic rings. The molecule has 0 aliphatic carbocycles. The number of amides is 1. The highest BCUT2D eigenvalue weighted by Gasteiger charge is 2.08. The van der Waals surface area contributed by atoms with E-state index in [2.05, 4.69) is 13.8 Å². The van der Waals surface area contributed by atoms with Crippen LogP contribution in [0.2, 0.25) is 0 Å². The van der Waals surface area contributed by atoms with Crippen LogP contribution in [0.5, 0.6) is 0 Å². The second-order valence-electron chi connectivity index (χ2n) is 2.92. The van der Waals surface area contributed by atoms with Crippen molar-refractivity contribution in [2.24, 2.45) is 0 Å². The van der Waals surface area contributed by atoms with Crippen molar-refractivity contribution in [1.82, 2.24) is 4.90 Å². The molecule has 78 valence electrons. The summed E-state index contributed by atoms with van der Waals surface area (Å²) in [4.78, 5) is 13.5. The van der Waals surface area contributed by atoms with E-state index < -0.39 is 0 Å². The fourth-order valence-corrected chi connectivity index (χ4v) is 1.80. The number of carbonyl (C=O) groups excluding carboxylic acids is 1. The van der Waals surface area contributed by atoms with Crippen LogP contribution in [-0.2, 0) is 4.79 Å². The van der Waals surface area contributed by atoms with Gasteiger partial charge in [0, 0.05) is 25.3 Å². The quantitative estimate of drug-likeness (QED) is 0.592. The number of rotatable bonds is 7. The van der Waals surface area contributed by atoms with Gasteiger partial charge in [-0.1, -0.05) is 13.8 Å². The summed E-state index contributed by atoms with van der Waals surface area (Å²) in [5.74, 6) is 2.38. The molecule has 0 unspecified atom stereocenters. The molecule has 0 N–H and O–H groups in total. The highest BCUT2D eigenvalue weighted by molar-refractivity contribution is 7.99. The van der Waals surface area contributed by atoms with Crippen molar-refractivity contribution in [2.75, 3.05) is 24.6 Å². The van der Waals surface area contributed by atoms with Crippen LogP contribution in [0.4, 0.5) is 0 Å². The van der Waals surface area contributed by atoms with E-state index in [0.29, 0.717) is 12.3 Å². The van der Waals surface area contributed by atoms with Gasteiger partial charge >= 0.3 is 0 Å². The lowest BCUT2D eigenvalue weighted by Crippen LogP contribution is -2.31. The van der Waals surface area contributed by atoms with Crippen LogP contribution >= 0.6 is 11.8 Å². The van der Waals surface area contributed by atoms with Crippen molar-refractivity contribution in [3.05, 3.63) is 0 Å². The molecule has 0 radical (unpaired) electrons. The Morgan fingerprint density at radius 3 is 2.46 bits per heavy atom. The summed E-state index contributed by atoms with van der Waals surface area (Å²) in [6, 6.07) is 0. The molecule has 0 bridgehead atoms. The first-order valence-electron chi connectivity index (χ1n) is 5.11. The van der Waals surface area contributed by atoms with Gasteiger partial charge in [-0.05, 0) is 19.1 Å². The molecule has 3 heteroatoms. The third-order valence-electron chi connectivity index (χ3n) is 1.89. The van der Waals surface area contributed by atoms with Gasteiger partial charge in [0.1, 0.15) is 0 Å². The molecule has 0 aromatic rings. The standard InChI is InChI=1S/C10H21NOS/c1-4-8-11(5-2)10(12)7-9-13-6-3/h4-9H2,1-3H3. The molecule has 0 saturated carbocycles. The Balaban J connectivity index is 3.64. The van der Waals surface area contributed by atoms with Crippen molar-refractivity contribution >= 4 is 17.7 Å². The molecule has 0 aromatic heterocycles. The van der Waals surface area contributed by atoms with E-state index >= 15 is 0 Å². The number of nitrogens with zero attached hydrogens (tertiary/aromatic N) is 1. The van der Waals surface area contributed by atoms with Gasteiger partial charge in [0.15, 0.2) is 0 Å². The molecule has 0 saturated heterocycles. The van der Waals surface area contributed by atoms with Crippen molar-refractivity contribution in [2.45, 2.75) is 33.6 Å². The molecular weight excluding hydrogens is 182 g/mol. The number of carbonyl (C=O) groups is 1. The largest absolute Gasteiger partial charge is 0.343 e. The number of hydrogen-bond acceptors (Lipinski definition) is 2. The monoisotopic (exact) mass is 203 g/mol. The second-order valence-corrected chi connectivity index (χ2v) is 4.31. The van der Waals surface area contributed by atoms with E-state index in [0.717, 1.165) is 31.0 Å². The molecule has 0 aliphatic heterocycles. The van der Waals surface area contributed by atoms with Gasteiger partial charge in [0.05, 0.1) is 0 Å². The lowest BCUT2D eigenvalue weighted by atomic mass is 10.3. The van der Waals surface area contributed by atoms with E-state index in [1.807, 2.05) is 23.6 Å². The van der Waals surface area contributed by atoms with Gasteiger partial charge in [0.25, 0.3) is 0 Å². The lowest BCUT2D eigenvalue weighted by Gasteiger charge is -2.19. The van der Waals surface area contributed by atoms with Crippen LogP contribution in [-0.4, -0.2) is 35.4 Å². The minimum Gasteiger partial charge on any atom is -0.343 e.